The van der Waals surface area contributed by atoms with Crippen LogP contribution in [0.3, 0.4) is 0 Å². The number of hydrogen-bond donors (Lipinski definition) is 2. The van der Waals surface area contributed by atoms with Crippen LogP contribution in [-0.2, 0) is 0 Å². The maximum Gasteiger partial charge on any atom is 0.119 e. The van der Waals surface area contributed by atoms with E-state index in [9.17, 15) is 0 Å². The van der Waals surface area contributed by atoms with Crippen molar-refractivity contribution in [2.24, 2.45) is 0 Å². The average Bonchev–Trinajstić information content (AvgIpc) is 1.63. The van der Waals surface area contributed by atoms with E-state index < -0.39 is 0 Å². The first kappa shape index (κ1) is 71.3. The zero-order valence-corrected chi connectivity index (χ0v) is 59.5. The van der Waals surface area contributed by atoms with Crippen molar-refractivity contribution in [3.63, 3.8) is 0 Å². The second-order valence-electron chi connectivity index (χ2n) is 27.8. The summed E-state index contributed by atoms with van der Waals surface area (Å²) in [7, 11) is 0. The zero-order chi connectivity index (χ0) is 65.8. The van der Waals surface area contributed by atoms with Crippen LogP contribution in [0, 0.1) is 13.8 Å². The fourth-order valence-corrected chi connectivity index (χ4v) is 14.7. The van der Waals surface area contributed by atoms with Gasteiger partial charge < -0.3 is 28.4 Å². The Kier molecular flexibility index (Phi) is 28.3. The van der Waals surface area contributed by atoms with E-state index in [4.69, 9.17) is 19.4 Å². The fourth-order valence-electron chi connectivity index (χ4n) is 14.7. The Morgan fingerprint density at radius 1 is 0.298 bits per heavy atom. The van der Waals surface area contributed by atoms with E-state index in [1.54, 1.807) is 0 Å². The maximum atomic E-state index is 6.66. The van der Waals surface area contributed by atoms with Gasteiger partial charge in [-0.25, -0.2) is 9.97 Å². The highest BCUT2D eigenvalue weighted by Crippen LogP contribution is 2.40. The van der Waals surface area contributed by atoms with Crippen LogP contribution >= 0.6 is 0 Å². The molecule has 2 N–H and O–H groups in total. The lowest BCUT2D eigenvalue weighted by Gasteiger charge is -2.39. The van der Waals surface area contributed by atoms with Crippen LogP contribution in [0.4, 0.5) is 0 Å². The van der Waals surface area contributed by atoms with Crippen LogP contribution in [0.1, 0.15) is 230 Å². The quantitative estimate of drug-likeness (QED) is 0.0295. The highest BCUT2D eigenvalue weighted by atomic mass is 16.5. The van der Waals surface area contributed by atoms with Gasteiger partial charge in [-0.1, -0.05) is 203 Å². The molecule has 5 heterocycles. The Morgan fingerprint density at radius 3 is 0.862 bits per heavy atom. The number of quaternary nitrogens is 2. The second-order valence-corrected chi connectivity index (χ2v) is 27.8. The van der Waals surface area contributed by atoms with Gasteiger partial charge in [0, 0.05) is 44.3 Å². The Bertz CT molecular complexity index is 3420. The summed E-state index contributed by atoms with van der Waals surface area (Å²) in [5.41, 5.74) is 18.2. The Hall–Kier alpha value is -7.00. The summed E-state index contributed by atoms with van der Waals surface area (Å²) >= 11 is 0. The molecule has 0 aliphatic carbocycles. The fraction of sp³-hybridized carbons (Fsp3) is 0.488. The number of aryl methyl sites for hydroxylation is 2. The van der Waals surface area contributed by atoms with Crippen molar-refractivity contribution in [1.82, 2.24) is 19.9 Å². The third-order valence-electron chi connectivity index (χ3n) is 20.1. The standard InChI is InChI=1S/C86H118N6O2/c1-9-15-53-91(54-16-10-2,55-17-11-3)59-29-25-21-23-27-31-61-93-73-43-35-41-71(65-73)85-79-49-47-77(88-79)83(69-39-33-37-67(7)63-69)75-45-46-76(87-75)84(70-40-34-38-68(8)64-70)78-48-50-80(89-78)86(82-52-51-81(85)90-82)72-42-36-44-74(66-72)94-62-32-28-24-22-26-30-60-92(56-18-12-4,57-19-13-5)58-20-14-6/h33-52,63-66,88-89H,9-32,53-62H2,1-8H3/q+2. The van der Waals surface area contributed by atoms with Gasteiger partial charge >= 0.3 is 0 Å². The number of aromatic nitrogens is 4. The number of rotatable bonds is 42. The molecule has 0 atom stereocenters. The van der Waals surface area contributed by atoms with Gasteiger partial charge in [-0.2, -0.15) is 0 Å². The number of hydrogen-bond acceptors (Lipinski definition) is 4. The van der Waals surface area contributed by atoms with Crippen LogP contribution < -0.4 is 9.47 Å². The molecule has 0 saturated heterocycles. The first-order chi connectivity index (χ1) is 46.1. The maximum absolute atomic E-state index is 6.66. The number of aromatic amines is 2. The molecule has 2 aliphatic heterocycles. The van der Waals surface area contributed by atoms with Crippen LogP contribution in [0.15, 0.2) is 121 Å². The predicted molar refractivity (Wildman–Crippen MR) is 405 cm³/mol. The summed E-state index contributed by atoms with van der Waals surface area (Å²) in [6, 6.07) is 43.8. The van der Waals surface area contributed by atoms with Crippen molar-refractivity contribution in [2.75, 3.05) is 65.6 Å². The summed E-state index contributed by atoms with van der Waals surface area (Å²) in [6.07, 6.45) is 39.6. The molecular formula is C86H118N6O2+2. The molecule has 9 rings (SSSR count). The molecule has 0 unspecified atom stereocenters. The number of benzene rings is 4. The molecule has 8 heteroatoms. The van der Waals surface area contributed by atoms with Crippen molar-refractivity contribution < 1.29 is 18.4 Å². The smallest absolute Gasteiger partial charge is 0.119 e. The summed E-state index contributed by atoms with van der Waals surface area (Å²) in [4.78, 5) is 19.2. The largest absolute Gasteiger partial charge is 0.494 e. The molecule has 502 valence electrons. The Morgan fingerprint density at radius 2 is 0.564 bits per heavy atom. The summed E-state index contributed by atoms with van der Waals surface area (Å²) in [5, 5.41) is 0. The van der Waals surface area contributed by atoms with Gasteiger partial charge in [-0.15, -0.1) is 0 Å². The average molecular weight is 1270 g/mol. The minimum Gasteiger partial charge on any atom is -0.494 e. The monoisotopic (exact) mass is 1270 g/mol. The molecule has 8 bridgehead atoms. The summed E-state index contributed by atoms with van der Waals surface area (Å²) in [5.74, 6) is 1.75. The lowest BCUT2D eigenvalue weighted by molar-refractivity contribution is -0.929. The van der Waals surface area contributed by atoms with Crippen LogP contribution in [0.5, 0.6) is 11.5 Å². The molecule has 2 aliphatic rings. The Balaban J connectivity index is 1.00. The van der Waals surface area contributed by atoms with E-state index in [2.05, 4.69) is 211 Å². The van der Waals surface area contributed by atoms with Crippen molar-refractivity contribution >= 4 is 46.4 Å². The normalized spacial score (nSPS) is 12.3. The molecular weight excluding hydrogens is 1150 g/mol. The van der Waals surface area contributed by atoms with Gasteiger partial charge in [0.1, 0.15) is 11.5 Å². The molecule has 7 aromatic rings. The molecule has 0 amide bonds. The third kappa shape index (κ3) is 20.0. The number of nitrogens with one attached hydrogen (secondary N) is 2. The van der Waals surface area contributed by atoms with E-state index >= 15 is 0 Å². The van der Waals surface area contributed by atoms with Gasteiger partial charge in [-0.05, 0) is 186 Å². The minimum absolute atomic E-state index is 0.693. The molecule has 0 fully saturated rings. The van der Waals surface area contributed by atoms with E-state index in [1.807, 2.05) is 0 Å². The van der Waals surface area contributed by atoms with Crippen molar-refractivity contribution in [3.05, 3.63) is 155 Å². The van der Waals surface area contributed by atoms with Gasteiger partial charge in [-0.3, -0.25) is 0 Å². The zero-order valence-electron chi connectivity index (χ0n) is 59.5. The number of H-pyrrole nitrogens is 2. The highest BCUT2D eigenvalue weighted by Gasteiger charge is 2.27. The van der Waals surface area contributed by atoms with Crippen LogP contribution in [0.2, 0.25) is 0 Å². The first-order valence-electron chi connectivity index (χ1n) is 37.6. The van der Waals surface area contributed by atoms with E-state index in [0.717, 1.165) is 114 Å². The molecule has 8 nitrogen and oxygen atoms in total. The van der Waals surface area contributed by atoms with Crippen LogP contribution in [0.25, 0.3) is 90.9 Å². The van der Waals surface area contributed by atoms with E-state index in [0.29, 0.717) is 13.2 Å². The number of fused-ring (bicyclic) bond motifs is 8. The molecule has 0 radical (unpaired) electrons. The topological polar surface area (TPSA) is 75.8 Å². The van der Waals surface area contributed by atoms with Gasteiger partial charge in [0.05, 0.1) is 88.3 Å². The van der Waals surface area contributed by atoms with Crippen molar-refractivity contribution in [1.29, 1.82) is 0 Å². The minimum atomic E-state index is 0.693. The van der Waals surface area contributed by atoms with Crippen molar-refractivity contribution in [3.8, 4) is 56.0 Å². The van der Waals surface area contributed by atoms with Crippen LogP contribution in [-0.4, -0.2) is 94.5 Å². The molecule has 0 spiro atoms. The van der Waals surface area contributed by atoms with E-state index in [1.165, 1.54) is 214 Å². The number of ether oxygens (including phenoxy) is 2. The molecule has 94 heavy (non-hydrogen) atoms. The van der Waals surface area contributed by atoms with E-state index in [-0.39, 0.29) is 0 Å². The van der Waals surface area contributed by atoms with Gasteiger partial charge in [0.15, 0.2) is 0 Å². The molecule has 4 aromatic carbocycles. The highest BCUT2D eigenvalue weighted by molar-refractivity contribution is 6.00. The van der Waals surface area contributed by atoms with Gasteiger partial charge in [0.2, 0.25) is 0 Å². The first-order valence-corrected chi connectivity index (χ1v) is 37.6. The number of unbranched alkanes of at least 4 members (excludes halogenated alkanes) is 16. The summed E-state index contributed by atoms with van der Waals surface area (Å²) < 4.78 is 16.0. The second kappa shape index (κ2) is 37.3. The van der Waals surface area contributed by atoms with Crippen molar-refractivity contribution in [2.45, 2.75) is 209 Å². The number of nitrogens with zero attached hydrogens (tertiary/aromatic N) is 4. The lowest BCUT2D eigenvalue weighted by atomic mass is 10.0. The van der Waals surface area contributed by atoms with Gasteiger partial charge in [0.25, 0.3) is 0 Å². The Labute approximate surface area is 568 Å². The molecule has 3 aromatic heterocycles. The lowest BCUT2D eigenvalue weighted by Crippen LogP contribution is -2.50. The third-order valence-corrected chi connectivity index (χ3v) is 20.1. The summed E-state index contributed by atoms with van der Waals surface area (Å²) in [6.45, 7) is 30.7. The SMILES string of the molecule is CCCC[N+](CCCC)(CCCC)CCCCCCCCOc1cccc(-c2c3nc(c(-c4cccc(OCCCCCCCC[N+](CCCC)(CCCC)CCCC)c4)c4ccc([nH]4)c(-c4cccc(C)c4)c4nc(c(-c5cccc(C)c5)c5ccc2[nH]5)C=C4)C=C3)c1. The predicted octanol–water partition coefficient (Wildman–Crippen LogP) is 23.8. The molecule has 0 saturated carbocycles.